The first-order valence-corrected chi connectivity index (χ1v) is 8.59. The van der Waals surface area contributed by atoms with Crippen LogP contribution in [0.3, 0.4) is 0 Å². The van der Waals surface area contributed by atoms with Gasteiger partial charge in [-0.25, -0.2) is 4.79 Å². The number of hydrogen-bond donors (Lipinski definition) is 2. The van der Waals surface area contributed by atoms with Crippen LogP contribution in [0.4, 0.5) is 10.5 Å². The van der Waals surface area contributed by atoms with Gasteiger partial charge in [-0.15, -0.1) is 0 Å². The minimum absolute atomic E-state index is 0.230. The van der Waals surface area contributed by atoms with E-state index in [1.165, 1.54) is 4.90 Å². The third-order valence-corrected chi connectivity index (χ3v) is 4.37. The van der Waals surface area contributed by atoms with Crippen molar-refractivity contribution >= 4 is 11.7 Å². The number of para-hydroxylation sites is 2. The summed E-state index contributed by atoms with van der Waals surface area (Å²) in [5, 5.41) is 12.9. The molecule has 0 aromatic heterocycles. The minimum Gasteiger partial charge on any atom is -0.489 e. The van der Waals surface area contributed by atoms with Gasteiger partial charge in [-0.05, 0) is 37.0 Å². The number of benzene rings is 2. The highest BCUT2D eigenvalue weighted by atomic mass is 16.5. The van der Waals surface area contributed by atoms with Gasteiger partial charge < -0.3 is 20.1 Å². The predicted molar refractivity (Wildman–Crippen MR) is 97.6 cm³/mol. The monoisotopic (exact) mass is 340 g/mol. The second kappa shape index (κ2) is 8.03. The van der Waals surface area contributed by atoms with Crippen molar-refractivity contribution in [3.63, 3.8) is 0 Å². The molecule has 25 heavy (non-hydrogen) atoms. The smallest absolute Gasteiger partial charge is 0.321 e. The van der Waals surface area contributed by atoms with E-state index in [2.05, 4.69) is 5.32 Å². The Morgan fingerprint density at radius 2 is 1.88 bits per heavy atom. The highest BCUT2D eigenvalue weighted by Gasteiger charge is 2.31. The number of rotatable bonds is 7. The summed E-state index contributed by atoms with van der Waals surface area (Å²) in [4.78, 5) is 13.9. The lowest BCUT2D eigenvalue weighted by Crippen LogP contribution is -2.38. The molecule has 2 amide bonds. The largest absolute Gasteiger partial charge is 0.489 e. The normalized spacial score (nSPS) is 14.6. The number of nitrogens with one attached hydrogen (secondary N) is 1. The lowest BCUT2D eigenvalue weighted by atomic mass is 10.2. The molecule has 2 aromatic rings. The lowest BCUT2D eigenvalue weighted by Gasteiger charge is -2.22. The summed E-state index contributed by atoms with van der Waals surface area (Å²) in [5.41, 5.74) is 1.62. The Bertz CT molecular complexity index is 701. The van der Waals surface area contributed by atoms with Crippen molar-refractivity contribution in [1.82, 2.24) is 4.90 Å². The maximum atomic E-state index is 12.4. The van der Waals surface area contributed by atoms with Gasteiger partial charge in [0.15, 0.2) is 0 Å². The third-order valence-electron chi connectivity index (χ3n) is 4.37. The van der Waals surface area contributed by atoms with Gasteiger partial charge in [0.2, 0.25) is 0 Å². The van der Waals surface area contributed by atoms with E-state index in [4.69, 9.17) is 4.74 Å². The van der Waals surface area contributed by atoms with Crippen molar-refractivity contribution < 1.29 is 14.6 Å². The molecule has 0 radical (unpaired) electrons. The number of carbonyl (C=O) groups excluding carboxylic acids is 1. The van der Waals surface area contributed by atoms with Crippen LogP contribution in [0.1, 0.15) is 18.4 Å². The van der Waals surface area contributed by atoms with Crippen LogP contribution in [0.2, 0.25) is 0 Å². The predicted octanol–water partition coefficient (Wildman–Crippen LogP) is 3.50. The summed E-state index contributed by atoms with van der Waals surface area (Å²) in [6.07, 6.45) is 1.67. The SMILES string of the molecule is CN(CC(O)C1CC1)C(=O)Nc1ccccc1COc1ccccc1. The number of aliphatic hydroxyl groups excluding tert-OH is 1. The number of likely N-dealkylation sites (N-methyl/N-ethyl adjacent to an activating group) is 1. The van der Waals surface area contributed by atoms with Crippen molar-refractivity contribution in [2.45, 2.75) is 25.6 Å². The minimum atomic E-state index is -0.438. The van der Waals surface area contributed by atoms with Gasteiger partial charge in [0.1, 0.15) is 12.4 Å². The highest BCUT2D eigenvalue weighted by Crippen LogP contribution is 2.32. The van der Waals surface area contributed by atoms with Gasteiger partial charge in [-0.2, -0.15) is 0 Å². The van der Waals surface area contributed by atoms with E-state index in [9.17, 15) is 9.90 Å². The molecule has 132 valence electrons. The molecular formula is C20H24N2O3. The second-order valence-corrected chi connectivity index (χ2v) is 6.47. The van der Waals surface area contributed by atoms with E-state index in [1.807, 2.05) is 54.6 Å². The first-order chi connectivity index (χ1) is 12.1. The molecule has 2 N–H and O–H groups in total. The molecule has 0 bridgehead atoms. The number of aliphatic hydroxyl groups is 1. The van der Waals surface area contributed by atoms with Crippen LogP contribution in [-0.2, 0) is 6.61 Å². The molecule has 1 fully saturated rings. The van der Waals surface area contributed by atoms with E-state index in [0.717, 1.165) is 29.8 Å². The van der Waals surface area contributed by atoms with Crippen LogP contribution in [0.5, 0.6) is 5.75 Å². The molecular weight excluding hydrogens is 316 g/mol. The molecule has 1 atom stereocenters. The average molecular weight is 340 g/mol. The van der Waals surface area contributed by atoms with E-state index in [0.29, 0.717) is 19.1 Å². The summed E-state index contributed by atoms with van der Waals surface area (Å²) in [6, 6.07) is 16.9. The van der Waals surface area contributed by atoms with Crippen molar-refractivity contribution in [2.24, 2.45) is 5.92 Å². The topological polar surface area (TPSA) is 61.8 Å². The summed E-state index contributed by atoms with van der Waals surface area (Å²) >= 11 is 0. The van der Waals surface area contributed by atoms with Gasteiger partial charge in [-0.3, -0.25) is 0 Å². The maximum absolute atomic E-state index is 12.4. The molecule has 0 saturated heterocycles. The molecule has 1 aliphatic rings. The summed E-state index contributed by atoms with van der Waals surface area (Å²) in [6.45, 7) is 0.716. The molecule has 5 nitrogen and oxygen atoms in total. The summed E-state index contributed by atoms with van der Waals surface area (Å²) in [7, 11) is 1.70. The van der Waals surface area contributed by atoms with Gasteiger partial charge in [0, 0.05) is 24.8 Å². The Labute approximate surface area is 148 Å². The van der Waals surface area contributed by atoms with Gasteiger partial charge in [0.05, 0.1) is 6.10 Å². The number of urea groups is 1. The zero-order valence-corrected chi connectivity index (χ0v) is 14.4. The quantitative estimate of drug-likeness (QED) is 0.811. The van der Waals surface area contributed by atoms with E-state index in [1.54, 1.807) is 7.05 Å². The summed E-state index contributed by atoms with van der Waals surface area (Å²) < 4.78 is 5.77. The Morgan fingerprint density at radius 1 is 1.20 bits per heavy atom. The van der Waals surface area contributed by atoms with Crippen LogP contribution < -0.4 is 10.1 Å². The van der Waals surface area contributed by atoms with Crippen molar-refractivity contribution in [1.29, 1.82) is 0 Å². The molecule has 5 heteroatoms. The number of amides is 2. The lowest BCUT2D eigenvalue weighted by molar-refractivity contribution is 0.117. The number of hydrogen-bond acceptors (Lipinski definition) is 3. The van der Waals surface area contributed by atoms with Gasteiger partial charge in [0.25, 0.3) is 0 Å². The number of carbonyl (C=O) groups is 1. The van der Waals surface area contributed by atoms with Crippen molar-refractivity contribution in [2.75, 3.05) is 18.9 Å². The average Bonchev–Trinajstić information content (AvgIpc) is 3.47. The Balaban J connectivity index is 1.58. The number of ether oxygens (including phenoxy) is 1. The Kier molecular flexibility index (Phi) is 5.56. The van der Waals surface area contributed by atoms with Crippen LogP contribution in [0.15, 0.2) is 54.6 Å². The third kappa shape index (κ3) is 4.97. The van der Waals surface area contributed by atoms with E-state index >= 15 is 0 Å². The van der Waals surface area contributed by atoms with Crippen molar-refractivity contribution in [3.8, 4) is 5.75 Å². The van der Waals surface area contributed by atoms with E-state index in [-0.39, 0.29) is 6.03 Å². The van der Waals surface area contributed by atoms with Crippen molar-refractivity contribution in [3.05, 3.63) is 60.2 Å². The Hall–Kier alpha value is -2.53. The molecule has 1 unspecified atom stereocenters. The molecule has 0 spiro atoms. The molecule has 0 heterocycles. The van der Waals surface area contributed by atoms with Crippen LogP contribution >= 0.6 is 0 Å². The van der Waals surface area contributed by atoms with Crippen LogP contribution in [0, 0.1) is 5.92 Å². The molecule has 1 saturated carbocycles. The fourth-order valence-electron chi connectivity index (χ4n) is 2.65. The fourth-order valence-corrected chi connectivity index (χ4v) is 2.65. The zero-order valence-electron chi connectivity index (χ0n) is 14.4. The number of anilines is 1. The second-order valence-electron chi connectivity index (χ2n) is 6.47. The standard InChI is InChI=1S/C20H24N2O3/c1-22(13-19(23)15-11-12-15)20(24)21-18-10-6-5-7-16(18)14-25-17-8-3-2-4-9-17/h2-10,15,19,23H,11-14H2,1H3,(H,21,24). The van der Waals surface area contributed by atoms with Gasteiger partial charge in [-0.1, -0.05) is 36.4 Å². The van der Waals surface area contributed by atoms with Crippen LogP contribution in [0.25, 0.3) is 0 Å². The molecule has 1 aliphatic carbocycles. The first kappa shape index (κ1) is 17.3. The molecule has 0 aliphatic heterocycles. The molecule has 2 aromatic carbocycles. The molecule has 3 rings (SSSR count). The summed E-state index contributed by atoms with van der Waals surface area (Å²) in [5.74, 6) is 1.13. The zero-order chi connectivity index (χ0) is 17.6. The van der Waals surface area contributed by atoms with E-state index < -0.39 is 6.10 Å². The fraction of sp³-hybridized carbons (Fsp3) is 0.350. The van der Waals surface area contributed by atoms with Crippen LogP contribution in [-0.4, -0.2) is 35.7 Å². The highest BCUT2D eigenvalue weighted by molar-refractivity contribution is 5.90. The first-order valence-electron chi connectivity index (χ1n) is 8.59. The van der Waals surface area contributed by atoms with Gasteiger partial charge >= 0.3 is 6.03 Å². The maximum Gasteiger partial charge on any atom is 0.321 e. The Morgan fingerprint density at radius 3 is 2.60 bits per heavy atom. The number of nitrogens with zero attached hydrogens (tertiary/aromatic N) is 1.